The van der Waals surface area contributed by atoms with E-state index in [0.717, 1.165) is 32.6 Å². The largest absolute Gasteiger partial charge is 0.381 e. The van der Waals surface area contributed by atoms with Gasteiger partial charge in [-0.25, -0.2) is 0 Å². The Labute approximate surface area is 70.1 Å². The first-order chi connectivity index (χ1) is 5.24. The van der Waals surface area contributed by atoms with E-state index >= 15 is 0 Å². The van der Waals surface area contributed by atoms with Crippen molar-refractivity contribution < 1.29 is 4.74 Å². The maximum Gasteiger partial charge on any atom is 0.0534 e. The SMILES string of the molecule is CCOCC(CC)(CC)CN. The molecule has 0 aromatic heterocycles. The fourth-order valence-corrected chi connectivity index (χ4v) is 1.12. The van der Waals surface area contributed by atoms with Gasteiger partial charge in [-0.1, -0.05) is 13.8 Å². The summed E-state index contributed by atoms with van der Waals surface area (Å²) in [5.41, 5.74) is 5.92. The van der Waals surface area contributed by atoms with Gasteiger partial charge in [0.15, 0.2) is 0 Å². The number of rotatable bonds is 6. The van der Waals surface area contributed by atoms with Crippen molar-refractivity contribution >= 4 is 0 Å². The van der Waals surface area contributed by atoms with Crippen LogP contribution >= 0.6 is 0 Å². The lowest BCUT2D eigenvalue weighted by Crippen LogP contribution is -2.34. The van der Waals surface area contributed by atoms with Crippen LogP contribution in [0.25, 0.3) is 0 Å². The maximum absolute atomic E-state index is 5.69. The minimum absolute atomic E-state index is 0.232. The van der Waals surface area contributed by atoms with Crippen molar-refractivity contribution in [3.05, 3.63) is 0 Å². The topological polar surface area (TPSA) is 35.2 Å². The average molecular weight is 159 g/mol. The van der Waals surface area contributed by atoms with E-state index < -0.39 is 0 Å². The molecule has 0 spiro atoms. The Morgan fingerprint density at radius 2 is 1.73 bits per heavy atom. The van der Waals surface area contributed by atoms with Crippen LogP contribution < -0.4 is 5.73 Å². The smallest absolute Gasteiger partial charge is 0.0534 e. The molecule has 0 fully saturated rings. The van der Waals surface area contributed by atoms with Crippen LogP contribution in [0.2, 0.25) is 0 Å². The molecular formula is C9H21NO. The van der Waals surface area contributed by atoms with Gasteiger partial charge in [-0.15, -0.1) is 0 Å². The van der Waals surface area contributed by atoms with E-state index in [9.17, 15) is 0 Å². The normalized spacial score (nSPS) is 12.0. The molecule has 0 aliphatic carbocycles. The van der Waals surface area contributed by atoms with Gasteiger partial charge in [0.1, 0.15) is 0 Å². The predicted molar refractivity (Wildman–Crippen MR) is 48.6 cm³/mol. The van der Waals surface area contributed by atoms with Gasteiger partial charge >= 0.3 is 0 Å². The van der Waals surface area contributed by atoms with Gasteiger partial charge in [0.2, 0.25) is 0 Å². The van der Waals surface area contributed by atoms with Crippen LogP contribution in [0, 0.1) is 5.41 Å². The van der Waals surface area contributed by atoms with Crippen molar-refractivity contribution in [2.75, 3.05) is 19.8 Å². The van der Waals surface area contributed by atoms with Gasteiger partial charge in [-0.05, 0) is 19.8 Å². The monoisotopic (exact) mass is 159 g/mol. The second kappa shape index (κ2) is 5.56. The zero-order valence-electron chi connectivity index (χ0n) is 8.02. The Hall–Kier alpha value is -0.0800. The van der Waals surface area contributed by atoms with Gasteiger partial charge in [0, 0.05) is 18.6 Å². The molecule has 2 nitrogen and oxygen atoms in total. The third-order valence-corrected chi connectivity index (χ3v) is 2.55. The fourth-order valence-electron chi connectivity index (χ4n) is 1.12. The summed E-state index contributed by atoms with van der Waals surface area (Å²) in [6, 6.07) is 0. The average Bonchev–Trinajstić information content (AvgIpc) is 2.08. The summed E-state index contributed by atoms with van der Waals surface area (Å²) >= 11 is 0. The molecule has 2 N–H and O–H groups in total. The van der Waals surface area contributed by atoms with Crippen molar-refractivity contribution in [3.63, 3.8) is 0 Å². The van der Waals surface area contributed by atoms with Gasteiger partial charge in [0.25, 0.3) is 0 Å². The molecule has 0 saturated carbocycles. The number of ether oxygens (including phenoxy) is 1. The summed E-state index contributed by atoms with van der Waals surface area (Å²) in [5, 5.41) is 0. The van der Waals surface area contributed by atoms with Crippen LogP contribution in [0.15, 0.2) is 0 Å². The lowest BCUT2D eigenvalue weighted by Gasteiger charge is -2.29. The molecule has 0 heterocycles. The van der Waals surface area contributed by atoms with Crippen LogP contribution in [-0.4, -0.2) is 19.8 Å². The molecule has 0 aromatic carbocycles. The Bertz CT molecular complexity index is 81.3. The third kappa shape index (κ3) is 3.21. The van der Waals surface area contributed by atoms with Crippen LogP contribution in [0.5, 0.6) is 0 Å². The molecule has 0 aliphatic rings. The van der Waals surface area contributed by atoms with E-state index in [0.29, 0.717) is 0 Å². The summed E-state index contributed by atoms with van der Waals surface area (Å²) in [5.74, 6) is 0. The maximum atomic E-state index is 5.69. The highest BCUT2D eigenvalue weighted by Gasteiger charge is 2.23. The molecular weight excluding hydrogens is 138 g/mol. The molecule has 0 saturated heterocycles. The number of nitrogens with two attached hydrogens (primary N) is 1. The molecule has 11 heavy (non-hydrogen) atoms. The third-order valence-electron chi connectivity index (χ3n) is 2.55. The van der Waals surface area contributed by atoms with Crippen LogP contribution in [0.3, 0.4) is 0 Å². The van der Waals surface area contributed by atoms with E-state index in [1.54, 1.807) is 0 Å². The Kier molecular flexibility index (Phi) is 5.51. The van der Waals surface area contributed by atoms with E-state index in [4.69, 9.17) is 10.5 Å². The highest BCUT2D eigenvalue weighted by Crippen LogP contribution is 2.24. The zero-order chi connectivity index (χ0) is 8.74. The molecule has 0 rings (SSSR count). The molecule has 0 bridgehead atoms. The fraction of sp³-hybridized carbons (Fsp3) is 1.00. The number of hydrogen-bond donors (Lipinski definition) is 1. The molecule has 2 heteroatoms. The summed E-state index contributed by atoms with van der Waals surface area (Å²) in [4.78, 5) is 0. The van der Waals surface area contributed by atoms with Crippen LogP contribution in [0.4, 0.5) is 0 Å². The second-order valence-electron chi connectivity index (χ2n) is 3.05. The van der Waals surface area contributed by atoms with Crippen molar-refractivity contribution in [1.29, 1.82) is 0 Å². The highest BCUT2D eigenvalue weighted by atomic mass is 16.5. The lowest BCUT2D eigenvalue weighted by molar-refractivity contribution is 0.0499. The van der Waals surface area contributed by atoms with Crippen molar-refractivity contribution in [2.45, 2.75) is 33.6 Å². The minimum atomic E-state index is 0.232. The molecule has 68 valence electrons. The van der Waals surface area contributed by atoms with E-state index in [2.05, 4.69) is 13.8 Å². The molecule has 0 radical (unpaired) electrons. The van der Waals surface area contributed by atoms with Gasteiger partial charge in [-0.3, -0.25) is 0 Å². The minimum Gasteiger partial charge on any atom is -0.381 e. The quantitative estimate of drug-likeness (QED) is 0.641. The van der Waals surface area contributed by atoms with Gasteiger partial charge in [0.05, 0.1) is 6.61 Å². The Balaban J connectivity index is 3.84. The summed E-state index contributed by atoms with van der Waals surface area (Å²) in [6.45, 7) is 8.71. The van der Waals surface area contributed by atoms with E-state index in [1.165, 1.54) is 0 Å². The van der Waals surface area contributed by atoms with Gasteiger partial charge in [-0.2, -0.15) is 0 Å². The standard InChI is InChI=1S/C9H21NO/c1-4-9(5-2,7-10)8-11-6-3/h4-8,10H2,1-3H3. The Morgan fingerprint density at radius 3 is 2.00 bits per heavy atom. The van der Waals surface area contributed by atoms with Crippen LogP contribution in [-0.2, 0) is 4.74 Å². The molecule has 0 amide bonds. The van der Waals surface area contributed by atoms with Gasteiger partial charge < -0.3 is 10.5 Å². The highest BCUT2D eigenvalue weighted by molar-refractivity contribution is 4.76. The molecule has 0 aliphatic heterocycles. The van der Waals surface area contributed by atoms with E-state index in [1.807, 2.05) is 6.92 Å². The molecule has 0 aromatic rings. The first-order valence-corrected chi connectivity index (χ1v) is 4.52. The van der Waals surface area contributed by atoms with E-state index in [-0.39, 0.29) is 5.41 Å². The summed E-state index contributed by atoms with van der Waals surface area (Å²) in [6.07, 6.45) is 2.22. The Morgan fingerprint density at radius 1 is 1.18 bits per heavy atom. The van der Waals surface area contributed by atoms with Crippen molar-refractivity contribution in [1.82, 2.24) is 0 Å². The predicted octanol–water partition coefficient (Wildman–Crippen LogP) is 1.79. The molecule has 0 atom stereocenters. The first-order valence-electron chi connectivity index (χ1n) is 4.52. The number of hydrogen-bond acceptors (Lipinski definition) is 2. The lowest BCUT2D eigenvalue weighted by atomic mass is 9.83. The summed E-state index contributed by atoms with van der Waals surface area (Å²) in [7, 11) is 0. The summed E-state index contributed by atoms with van der Waals surface area (Å²) < 4.78 is 5.39. The zero-order valence-corrected chi connectivity index (χ0v) is 8.02. The second-order valence-corrected chi connectivity index (χ2v) is 3.05. The van der Waals surface area contributed by atoms with Crippen LogP contribution in [0.1, 0.15) is 33.6 Å². The molecule has 0 unspecified atom stereocenters. The van der Waals surface area contributed by atoms with Crippen molar-refractivity contribution in [2.24, 2.45) is 11.1 Å². The first kappa shape index (κ1) is 10.9. The van der Waals surface area contributed by atoms with Crippen molar-refractivity contribution in [3.8, 4) is 0 Å².